The van der Waals surface area contributed by atoms with E-state index < -0.39 is 34.9 Å². The Bertz CT molecular complexity index is 1250. The van der Waals surface area contributed by atoms with Crippen molar-refractivity contribution in [2.75, 3.05) is 5.32 Å². The molecule has 33 heavy (non-hydrogen) atoms. The number of carbonyl (C=O) groups is 1. The Hall–Kier alpha value is -2.83. The molecule has 0 saturated heterocycles. The van der Waals surface area contributed by atoms with Gasteiger partial charge in [-0.15, -0.1) is 0 Å². The first kappa shape index (κ1) is 24.8. The van der Waals surface area contributed by atoms with Crippen molar-refractivity contribution in [2.24, 2.45) is 0 Å². The van der Waals surface area contributed by atoms with Crippen molar-refractivity contribution in [3.05, 3.63) is 72.4 Å². The van der Waals surface area contributed by atoms with Gasteiger partial charge in [0.05, 0.1) is 31.9 Å². The smallest absolute Gasteiger partial charge is 0.436 e. The molecule has 3 rings (SSSR count). The van der Waals surface area contributed by atoms with Crippen molar-refractivity contribution >= 4 is 56.4 Å². The summed E-state index contributed by atoms with van der Waals surface area (Å²) in [4.78, 5) is 23.0. The number of hydrogen-bond acceptors (Lipinski definition) is 5. The van der Waals surface area contributed by atoms with E-state index in [1.807, 2.05) is 0 Å². The summed E-state index contributed by atoms with van der Waals surface area (Å²) in [5.74, 6) is -0.616. The summed E-state index contributed by atoms with van der Waals surface area (Å²) in [6.45, 7) is 0.789. The van der Waals surface area contributed by atoms with Crippen LogP contribution < -0.4 is 10.1 Å². The number of halogens is 6. The molecule has 0 aliphatic heterocycles. The lowest BCUT2D eigenvalue weighted by molar-refractivity contribution is -0.384. The number of nitro benzene ring substituents is 1. The molecule has 0 saturated carbocycles. The zero-order chi connectivity index (χ0) is 24.5. The van der Waals surface area contributed by atoms with Crippen molar-refractivity contribution in [2.45, 2.75) is 19.6 Å². The van der Waals surface area contributed by atoms with Gasteiger partial charge in [-0.2, -0.15) is 18.3 Å². The molecule has 0 atom stereocenters. The van der Waals surface area contributed by atoms with Crippen LogP contribution in [0.4, 0.5) is 24.5 Å². The highest BCUT2D eigenvalue weighted by molar-refractivity contribution is 9.10. The van der Waals surface area contributed by atoms with Crippen molar-refractivity contribution in [1.29, 1.82) is 0 Å². The number of amides is 1. The zero-order valence-electron chi connectivity index (χ0n) is 16.4. The van der Waals surface area contributed by atoms with Crippen LogP contribution in [0.3, 0.4) is 0 Å². The number of nitrogens with one attached hydrogen (secondary N) is 1. The molecule has 1 amide bonds. The minimum atomic E-state index is -4.71. The minimum Gasteiger partial charge on any atom is -0.455 e. The quantitative estimate of drug-likeness (QED) is 0.266. The van der Waals surface area contributed by atoms with Crippen molar-refractivity contribution in [3.8, 4) is 11.5 Å². The molecule has 1 N–H and O–H groups in total. The Morgan fingerprint density at radius 3 is 2.55 bits per heavy atom. The molecule has 2 aromatic carbocycles. The molecule has 0 radical (unpaired) electrons. The summed E-state index contributed by atoms with van der Waals surface area (Å²) in [5, 5.41) is 17.6. The number of nitrogens with zero attached hydrogens (tertiary/aromatic N) is 3. The fourth-order valence-corrected chi connectivity index (χ4v) is 3.66. The molecule has 0 aliphatic rings. The van der Waals surface area contributed by atoms with Crippen LogP contribution in [-0.4, -0.2) is 20.6 Å². The van der Waals surface area contributed by atoms with Crippen molar-refractivity contribution in [1.82, 2.24) is 9.78 Å². The van der Waals surface area contributed by atoms with E-state index in [9.17, 15) is 28.1 Å². The number of ether oxygens (including phenoxy) is 1. The maximum absolute atomic E-state index is 13.0. The SMILES string of the molecule is Cc1c(Br)c(C(F)(F)F)nn1CC(=O)Nc1cc(Oc2ccc(Cl)cc2Cl)cc([N+](=O)[O-])c1. The Morgan fingerprint density at radius 1 is 1.27 bits per heavy atom. The Labute approximate surface area is 202 Å². The van der Waals surface area contributed by atoms with Gasteiger partial charge in [0.1, 0.15) is 18.0 Å². The van der Waals surface area contributed by atoms with Gasteiger partial charge in [0.2, 0.25) is 5.91 Å². The molecule has 0 spiro atoms. The predicted molar refractivity (Wildman–Crippen MR) is 118 cm³/mol. The summed E-state index contributed by atoms with van der Waals surface area (Å²) < 4.78 is 45.2. The van der Waals surface area contributed by atoms with E-state index in [0.29, 0.717) is 5.02 Å². The number of non-ortho nitro benzene ring substituents is 1. The van der Waals surface area contributed by atoms with Gasteiger partial charge < -0.3 is 10.1 Å². The fourth-order valence-electron chi connectivity index (χ4n) is 2.70. The molecule has 0 unspecified atom stereocenters. The van der Waals surface area contributed by atoms with E-state index >= 15 is 0 Å². The largest absolute Gasteiger partial charge is 0.455 e. The highest BCUT2D eigenvalue weighted by Gasteiger charge is 2.38. The number of benzene rings is 2. The van der Waals surface area contributed by atoms with E-state index in [4.69, 9.17) is 27.9 Å². The summed E-state index contributed by atoms with van der Waals surface area (Å²) in [7, 11) is 0. The van der Waals surface area contributed by atoms with Gasteiger partial charge in [0.15, 0.2) is 5.69 Å². The summed E-state index contributed by atoms with van der Waals surface area (Å²) in [6.07, 6.45) is -4.71. The average molecular weight is 568 g/mol. The third kappa shape index (κ3) is 5.95. The number of hydrogen-bond donors (Lipinski definition) is 1. The van der Waals surface area contributed by atoms with Gasteiger partial charge in [0.25, 0.3) is 5.69 Å². The van der Waals surface area contributed by atoms with E-state index in [1.54, 1.807) is 0 Å². The summed E-state index contributed by atoms with van der Waals surface area (Å²) in [6, 6.07) is 7.86. The molecule has 0 bridgehead atoms. The van der Waals surface area contributed by atoms with Crippen LogP contribution in [0, 0.1) is 17.0 Å². The highest BCUT2D eigenvalue weighted by atomic mass is 79.9. The van der Waals surface area contributed by atoms with Crippen LogP contribution in [0.15, 0.2) is 40.9 Å². The van der Waals surface area contributed by atoms with Gasteiger partial charge in [-0.05, 0) is 41.1 Å². The highest BCUT2D eigenvalue weighted by Crippen LogP contribution is 2.36. The third-order valence-corrected chi connectivity index (χ3v) is 5.68. The van der Waals surface area contributed by atoms with Gasteiger partial charge in [0, 0.05) is 17.2 Å². The second kappa shape index (κ2) is 9.57. The van der Waals surface area contributed by atoms with E-state index in [1.165, 1.54) is 31.2 Å². The number of nitro groups is 1. The lowest BCUT2D eigenvalue weighted by Crippen LogP contribution is -2.21. The van der Waals surface area contributed by atoms with Crippen LogP contribution in [0.5, 0.6) is 11.5 Å². The molecule has 8 nitrogen and oxygen atoms in total. The van der Waals surface area contributed by atoms with E-state index in [-0.39, 0.29) is 32.4 Å². The number of rotatable bonds is 6. The molecular formula is C19H12BrCl2F3N4O4. The topological polar surface area (TPSA) is 99.3 Å². The maximum Gasteiger partial charge on any atom is 0.436 e. The Kier molecular flexibility index (Phi) is 7.20. The van der Waals surface area contributed by atoms with Crippen molar-refractivity contribution in [3.63, 3.8) is 0 Å². The van der Waals surface area contributed by atoms with Crippen LogP contribution in [0.1, 0.15) is 11.4 Å². The number of carbonyl (C=O) groups excluding carboxylic acids is 1. The lowest BCUT2D eigenvalue weighted by atomic mass is 10.2. The fraction of sp³-hybridized carbons (Fsp3) is 0.158. The molecular weight excluding hydrogens is 556 g/mol. The van der Waals surface area contributed by atoms with Gasteiger partial charge in [-0.25, -0.2) is 0 Å². The van der Waals surface area contributed by atoms with Crippen LogP contribution in [-0.2, 0) is 17.5 Å². The van der Waals surface area contributed by atoms with Crippen LogP contribution in [0.2, 0.25) is 10.0 Å². The van der Waals surface area contributed by atoms with Crippen LogP contribution >= 0.6 is 39.1 Å². The molecule has 174 valence electrons. The first-order valence-electron chi connectivity index (χ1n) is 8.87. The second-order valence-corrected chi connectivity index (χ2v) is 8.24. The van der Waals surface area contributed by atoms with Gasteiger partial charge >= 0.3 is 6.18 Å². The maximum atomic E-state index is 13.0. The number of alkyl halides is 3. The van der Waals surface area contributed by atoms with Gasteiger partial charge in [-0.1, -0.05) is 23.2 Å². The Balaban J connectivity index is 1.84. The molecule has 0 aliphatic carbocycles. The van der Waals surface area contributed by atoms with E-state index in [0.717, 1.165) is 16.8 Å². The predicted octanol–water partition coefficient (Wildman–Crippen LogP) is 6.62. The minimum absolute atomic E-state index is 0.0129. The molecule has 1 aromatic heterocycles. The lowest BCUT2D eigenvalue weighted by Gasteiger charge is -2.11. The second-order valence-electron chi connectivity index (χ2n) is 6.60. The normalized spacial score (nSPS) is 11.4. The first-order valence-corrected chi connectivity index (χ1v) is 10.4. The standard InChI is InChI=1S/C19H12BrCl2F3N4O4/c1-9-17(20)18(19(23,24)25)27-28(9)8-16(30)26-11-5-12(29(31)32)7-13(6-11)33-15-3-2-10(21)4-14(15)22/h2-7H,8H2,1H3,(H,26,30). The number of anilines is 1. The third-order valence-electron chi connectivity index (χ3n) is 4.20. The van der Waals surface area contributed by atoms with Crippen LogP contribution in [0.25, 0.3) is 0 Å². The van der Waals surface area contributed by atoms with Crippen molar-refractivity contribution < 1.29 is 27.6 Å². The monoisotopic (exact) mass is 566 g/mol. The van der Waals surface area contributed by atoms with E-state index in [2.05, 4.69) is 26.3 Å². The molecule has 1 heterocycles. The first-order chi connectivity index (χ1) is 15.3. The summed E-state index contributed by atoms with van der Waals surface area (Å²) in [5.41, 5.74) is -1.50. The Morgan fingerprint density at radius 2 is 1.97 bits per heavy atom. The van der Waals surface area contributed by atoms with Gasteiger partial charge in [-0.3, -0.25) is 19.6 Å². The summed E-state index contributed by atoms with van der Waals surface area (Å²) >= 11 is 14.7. The zero-order valence-corrected chi connectivity index (χ0v) is 19.5. The number of aromatic nitrogens is 2. The molecule has 3 aromatic rings. The molecule has 14 heteroatoms. The average Bonchev–Trinajstić information content (AvgIpc) is 2.98. The molecule has 0 fully saturated rings.